The van der Waals surface area contributed by atoms with E-state index in [4.69, 9.17) is 0 Å². The van der Waals surface area contributed by atoms with Crippen molar-refractivity contribution in [2.24, 2.45) is 0 Å². The second kappa shape index (κ2) is 13.8. The van der Waals surface area contributed by atoms with Gasteiger partial charge in [-0.2, -0.15) is 0 Å². The summed E-state index contributed by atoms with van der Waals surface area (Å²) in [5, 5.41) is 0. The minimum atomic E-state index is -0.00263. The SMILES string of the molecule is Cc1cc2c3c(c1)N(c1ccc(C(C)(C)C)cc1-c1ccccc1)c1cc4c(cc1B3c1cc3c(cc1N2c1ccc(C(C)(C)C)cc1C)C(C)(C)CC3(C)C)C(C)(C)CCC4(C)C. The molecule has 2 aliphatic heterocycles. The van der Waals surface area contributed by atoms with E-state index in [1.54, 1.807) is 0 Å². The van der Waals surface area contributed by atoms with E-state index >= 15 is 0 Å². The zero-order chi connectivity index (χ0) is 45.8. The van der Waals surface area contributed by atoms with Gasteiger partial charge in [-0.05, 0) is 175 Å². The topological polar surface area (TPSA) is 6.48 Å². The molecule has 0 aromatic heterocycles. The van der Waals surface area contributed by atoms with Crippen LogP contribution in [0.25, 0.3) is 11.1 Å². The van der Waals surface area contributed by atoms with Gasteiger partial charge in [0.05, 0.1) is 5.69 Å². The summed E-state index contributed by atoms with van der Waals surface area (Å²) in [5.74, 6) is 0. The van der Waals surface area contributed by atoms with Gasteiger partial charge in [0.15, 0.2) is 0 Å². The molecule has 0 fully saturated rings. The number of fused-ring (bicyclic) bond motifs is 6. The highest BCUT2D eigenvalue weighted by molar-refractivity contribution is 7.00. The summed E-state index contributed by atoms with van der Waals surface area (Å²) in [5.41, 5.74) is 26.1. The number of hydrogen-bond acceptors (Lipinski definition) is 2. The third-order valence-electron chi connectivity index (χ3n) is 16.2. The van der Waals surface area contributed by atoms with Crippen LogP contribution in [-0.4, -0.2) is 6.71 Å². The lowest BCUT2D eigenvalue weighted by atomic mass is 9.32. The molecule has 0 amide bonds. The lowest BCUT2D eigenvalue weighted by molar-refractivity contribution is 0.332. The number of rotatable bonds is 3. The van der Waals surface area contributed by atoms with Crippen LogP contribution in [0.15, 0.2) is 103 Å². The third kappa shape index (κ3) is 6.48. The fourth-order valence-electron chi connectivity index (χ4n) is 12.6. The highest BCUT2D eigenvalue weighted by Crippen LogP contribution is 2.55. The fraction of sp³-hybridized carbons (Fsp3) is 0.410. The Kier molecular flexibility index (Phi) is 9.22. The van der Waals surface area contributed by atoms with E-state index in [2.05, 4.69) is 224 Å². The largest absolute Gasteiger partial charge is 0.311 e. The molecule has 2 nitrogen and oxygen atoms in total. The van der Waals surface area contributed by atoms with E-state index in [0.717, 1.165) is 6.42 Å². The maximum atomic E-state index is 2.70. The van der Waals surface area contributed by atoms with Crippen molar-refractivity contribution in [2.75, 3.05) is 9.80 Å². The van der Waals surface area contributed by atoms with Crippen molar-refractivity contribution in [3.8, 4) is 11.1 Å². The molecule has 0 radical (unpaired) electrons. The Hall–Kier alpha value is -5.02. The molecule has 6 aromatic rings. The molecule has 328 valence electrons. The smallest absolute Gasteiger partial charge is 0.252 e. The van der Waals surface area contributed by atoms with Crippen molar-refractivity contribution >= 4 is 57.2 Å². The van der Waals surface area contributed by atoms with Gasteiger partial charge in [-0.1, -0.05) is 158 Å². The van der Waals surface area contributed by atoms with Gasteiger partial charge in [0.1, 0.15) is 0 Å². The van der Waals surface area contributed by atoms with Crippen LogP contribution >= 0.6 is 0 Å². The van der Waals surface area contributed by atoms with Crippen molar-refractivity contribution in [3.05, 3.63) is 148 Å². The lowest BCUT2D eigenvalue weighted by Gasteiger charge is -2.48. The predicted octanol–water partition coefficient (Wildman–Crippen LogP) is 15.0. The molecule has 0 saturated carbocycles. The van der Waals surface area contributed by atoms with Crippen LogP contribution in [-0.2, 0) is 32.5 Å². The van der Waals surface area contributed by atoms with Crippen LogP contribution in [0, 0.1) is 13.8 Å². The van der Waals surface area contributed by atoms with E-state index in [0.29, 0.717) is 0 Å². The Morgan fingerprint density at radius 2 is 0.906 bits per heavy atom. The average Bonchev–Trinajstić information content (AvgIpc) is 3.39. The number of benzene rings is 6. The lowest BCUT2D eigenvalue weighted by Crippen LogP contribution is -2.62. The molecule has 0 spiro atoms. The van der Waals surface area contributed by atoms with Crippen molar-refractivity contribution in [1.29, 1.82) is 0 Å². The Balaban J connectivity index is 1.37. The van der Waals surface area contributed by atoms with Gasteiger partial charge in [-0.15, -0.1) is 0 Å². The van der Waals surface area contributed by atoms with Crippen molar-refractivity contribution < 1.29 is 0 Å². The molecule has 0 saturated heterocycles. The van der Waals surface area contributed by atoms with Gasteiger partial charge in [-0.3, -0.25) is 0 Å². The third-order valence-corrected chi connectivity index (χ3v) is 16.2. The van der Waals surface area contributed by atoms with Gasteiger partial charge in [0, 0.05) is 34.0 Å². The minimum Gasteiger partial charge on any atom is -0.311 e. The van der Waals surface area contributed by atoms with Gasteiger partial charge in [-0.25, -0.2) is 0 Å². The summed E-state index contributed by atoms with van der Waals surface area (Å²) in [6.45, 7) is 38.6. The molecule has 0 N–H and O–H groups in total. The van der Waals surface area contributed by atoms with Crippen LogP contribution in [0.4, 0.5) is 34.1 Å². The second-order valence-electron chi connectivity index (χ2n) is 25.0. The Morgan fingerprint density at radius 1 is 0.453 bits per heavy atom. The predicted molar refractivity (Wildman–Crippen MR) is 279 cm³/mol. The fourth-order valence-corrected chi connectivity index (χ4v) is 12.6. The van der Waals surface area contributed by atoms with Crippen molar-refractivity contribution in [1.82, 2.24) is 0 Å². The van der Waals surface area contributed by atoms with E-state index in [-0.39, 0.29) is 39.2 Å². The zero-order valence-electron chi connectivity index (χ0n) is 41.9. The molecule has 2 heterocycles. The van der Waals surface area contributed by atoms with Gasteiger partial charge >= 0.3 is 0 Å². The standard InChI is InChI=1S/C61H71BN2/c1-37-28-53-55-54(29-37)64(50-25-23-41(57(6,7)8)31-42(50)39-20-18-17-19-21-39)52-34-45-43(58(9,10)26-27-59(45,11)12)32-47(52)62(55)48-33-44-46(61(15,16)36-60(44,13)14)35-51(48)63(53)49-24-22-40(30-38(49)2)56(3,4)5/h17-25,28-35H,26-27,36H2,1-16H3. The van der Waals surface area contributed by atoms with Crippen LogP contribution in [0.2, 0.25) is 0 Å². The Labute approximate surface area is 386 Å². The second-order valence-corrected chi connectivity index (χ2v) is 25.0. The summed E-state index contributed by atoms with van der Waals surface area (Å²) in [6, 6.07) is 41.4. The van der Waals surface area contributed by atoms with Crippen LogP contribution in [0.3, 0.4) is 0 Å². The van der Waals surface area contributed by atoms with E-state index in [9.17, 15) is 0 Å². The molecular weight excluding hydrogens is 771 g/mol. The van der Waals surface area contributed by atoms with Crippen LogP contribution in [0.1, 0.15) is 161 Å². The first-order valence-corrected chi connectivity index (χ1v) is 24.2. The van der Waals surface area contributed by atoms with E-state index in [1.807, 2.05) is 0 Å². The van der Waals surface area contributed by atoms with Gasteiger partial charge < -0.3 is 9.80 Å². The van der Waals surface area contributed by atoms with Crippen LogP contribution in [0.5, 0.6) is 0 Å². The molecule has 3 heteroatoms. The zero-order valence-corrected chi connectivity index (χ0v) is 41.9. The van der Waals surface area contributed by atoms with E-state index in [1.165, 1.54) is 119 Å². The summed E-state index contributed by atoms with van der Waals surface area (Å²) in [7, 11) is 0. The highest BCUT2D eigenvalue weighted by Gasteiger charge is 2.50. The maximum absolute atomic E-state index is 2.70. The monoisotopic (exact) mass is 843 g/mol. The molecule has 10 rings (SSSR count). The number of nitrogens with zero attached hydrogens (tertiary/aromatic N) is 2. The van der Waals surface area contributed by atoms with Crippen molar-refractivity contribution in [3.63, 3.8) is 0 Å². The molecular formula is C61H71BN2. The summed E-state index contributed by atoms with van der Waals surface area (Å²) in [4.78, 5) is 5.38. The highest BCUT2D eigenvalue weighted by atomic mass is 15.2. The quantitative estimate of drug-likeness (QED) is 0.164. The molecule has 0 bridgehead atoms. The number of anilines is 6. The molecule has 4 aliphatic rings. The summed E-state index contributed by atoms with van der Waals surface area (Å²) < 4.78 is 0. The van der Waals surface area contributed by atoms with Gasteiger partial charge in [0.2, 0.25) is 0 Å². The molecule has 0 unspecified atom stereocenters. The molecule has 0 atom stereocenters. The van der Waals surface area contributed by atoms with Crippen molar-refractivity contribution in [2.45, 2.75) is 163 Å². The first-order chi connectivity index (χ1) is 29.8. The normalized spacial score (nSPS) is 18.5. The number of aryl methyl sites for hydroxylation is 2. The first-order valence-electron chi connectivity index (χ1n) is 24.2. The Bertz CT molecular complexity index is 2910. The molecule has 2 aliphatic carbocycles. The molecule has 6 aromatic carbocycles. The maximum Gasteiger partial charge on any atom is 0.252 e. The van der Waals surface area contributed by atoms with Gasteiger partial charge in [0.25, 0.3) is 6.71 Å². The van der Waals surface area contributed by atoms with E-state index < -0.39 is 0 Å². The first kappa shape index (κ1) is 42.9. The summed E-state index contributed by atoms with van der Waals surface area (Å²) in [6.07, 6.45) is 3.48. The molecule has 64 heavy (non-hydrogen) atoms. The number of hydrogen-bond donors (Lipinski definition) is 0. The minimum absolute atomic E-state index is 0.00263. The Morgan fingerprint density at radius 3 is 1.42 bits per heavy atom. The summed E-state index contributed by atoms with van der Waals surface area (Å²) >= 11 is 0. The van der Waals surface area contributed by atoms with Crippen LogP contribution < -0.4 is 26.2 Å². The average molecular weight is 843 g/mol.